The molecule has 0 aromatic heterocycles. The maximum Gasteiger partial charge on any atom is 0.239 e. The zero-order valence-electron chi connectivity index (χ0n) is 14.4. The van der Waals surface area contributed by atoms with Crippen LogP contribution in [-0.4, -0.2) is 25.0 Å². The summed E-state index contributed by atoms with van der Waals surface area (Å²) in [6.45, 7) is 3.25. The standard InChI is InChI=1S/C18H25ClN2O3/c1-18(2,16(22)20-13-7-5-4-6-8-13)17(23)21-14-11-12(19)9-10-15(14)24-3/h9-11,13H,4-8H2,1-3H3,(H,20,22)(H,21,23). The summed E-state index contributed by atoms with van der Waals surface area (Å²) in [5.41, 5.74) is -0.737. The van der Waals surface area contributed by atoms with E-state index in [-0.39, 0.29) is 11.9 Å². The van der Waals surface area contributed by atoms with Crippen LogP contribution in [0.2, 0.25) is 5.02 Å². The Balaban J connectivity index is 2.06. The maximum atomic E-state index is 12.6. The third-order valence-electron chi connectivity index (χ3n) is 4.49. The second-order valence-corrected chi connectivity index (χ2v) is 7.17. The van der Waals surface area contributed by atoms with Crippen LogP contribution in [-0.2, 0) is 9.59 Å². The summed E-state index contributed by atoms with van der Waals surface area (Å²) in [6.07, 6.45) is 5.41. The van der Waals surface area contributed by atoms with Crippen molar-refractivity contribution in [2.75, 3.05) is 12.4 Å². The van der Waals surface area contributed by atoms with Gasteiger partial charge in [0.15, 0.2) is 0 Å². The number of nitrogens with one attached hydrogen (secondary N) is 2. The van der Waals surface area contributed by atoms with Crippen molar-refractivity contribution in [1.29, 1.82) is 0 Å². The fraction of sp³-hybridized carbons (Fsp3) is 0.556. The molecule has 132 valence electrons. The van der Waals surface area contributed by atoms with Crippen molar-refractivity contribution < 1.29 is 14.3 Å². The molecule has 0 aliphatic heterocycles. The molecule has 6 heteroatoms. The van der Waals surface area contributed by atoms with Crippen molar-refractivity contribution in [3.63, 3.8) is 0 Å². The number of carbonyl (C=O) groups is 2. The summed E-state index contributed by atoms with van der Waals surface area (Å²) in [5, 5.41) is 6.24. The zero-order chi connectivity index (χ0) is 17.7. The summed E-state index contributed by atoms with van der Waals surface area (Å²) < 4.78 is 5.22. The molecule has 2 amide bonds. The van der Waals surface area contributed by atoms with Crippen LogP contribution in [0.3, 0.4) is 0 Å². The van der Waals surface area contributed by atoms with Gasteiger partial charge in [-0.2, -0.15) is 0 Å². The van der Waals surface area contributed by atoms with E-state index in [2.05, 4.69) is 10.6 Å². The first-order valence-electron chi connectivity index (χ1n) is 8.30. The molecule has 2 rings (SSSR count). The lowest BCUT2D eigenvalue weighted by molar-refractivity contribution is -0.139. The topological polar surface area (TPSA) is 67.4 Å². The van der Waals surface area contributed by atoms with E-state index in [9.17, 15) is 9.59 Å². The number of hydrogen-bond donors (Lipinski definition) is 2. The molecule has 1 aromatic rings. The molecule has 0 radical (unpaired) electrons. The molecule has 1 fully saturated rings. The minimum Gasteiger partial charge on any atom is -0.495 e. The Bertz CT molecular complexity index is 610. The van der Waals surface area contributed by atoms with Crippen LogP contribution in [0.15, 0.2) is 18.2 Å². The number of rotatable bonds is 5. The molecule has 1 saturated carbocycles. The first kappa shape index (κ1) is 18.6. The summed E-state index contributed by atoms with van der Waals surface area (Å²) in [7, 11) is 1.51. The molecule has 5 nitrogen and oxygen atoms in total. The highest BCUT2D eigenvalue weighted by Crippen LogP contribution is 2.30. The van der Waals surface area contributed by atoms with E-state index in [1.165, 1.54) is 13.5 Å². The first-order chi connectivity index (χ1) is 11.3. The van der Waals surface area contributed by atoms with Gasteiger partial charge in [0, 0.05) is 11.1 Å². The Morgan fingerprint density at radius 3 is 2.46 bits per heavy atom. The zero-order valence-corrected chi connectivity index (χ0v) is 15.2. The van der Waals surface area contributed by atoms with Gasteiger partial charge in [-0.3, -0.25) is 9.59 Å². The van der Waals surface area contributed by atoms with Gasteiger partial charge in [-0.1, -0.05) is 30.9 Å². The molecule has 0 atom stereocenters. The Kier molecular flexibility index (Phi) is 6.10. The van der Waals surface area contributed by atoms with Gasteiger partial charge < -0.3 is 15.4 Å². The number of carbonyl (C=O) groups excluding carboxylic acids is 2. The molecule has 0 saturated heterocycles. The van der Waals surface area contributed by atoms with E-state index in [1.54, 1.807) is 32.0 Å². The molecule has 0 heterocycles. The summed E-state index contributed by atoms with van der Waals surface area (Å²) in [4.78, 5) is 25.2. The molecule has 0 bridgehead atoms. The van der Waals surface area contributed by atoms with E-state index in [0.717, 1.165) is 25.7 Å². The highest BCUT2D eigenvalue weighted by atomic mass is 35.5. The molecule has 0 unspecified atom stereocenters. The van der Waals surface area contributed by atoms with Gasteiger partial charge >= 0.3 is 0 Å². The van der Waals surface area contributed by atoms with E-state index in [0.29, 0.717) is 16.5 Å². The van der Waals surface area contributed by atoms with Gasteiger partial charge in [0.05, 0.1) is 12.8 Å². The largest absolute Gasteiger partial charge is 0.495 e. The highest BCUT2D eigenvalue weighted by Gasteiger charge is 2.37. The van der Waals surface area contributed by atoms with Crippen LogP contribution in [0.25, 0.3) is 0 Å². The molecule has 0 spiro atoms. The molecule has 1 aliphatic carbocycles. The summed E-state index contributed by atoms with van der Waals surface area (Å²) >= 11 is 5.98. The van der Waals surface area contributed by atoms with E-state index < -0.39 is 11.3 Å². The average Bonchev–Trinajstić information content (AvgIpc) is 2.56. The predicted molar refractivity (Wildman–Crippen MR) is 95.4 cm³/mol. The van der Waals surface area contributed by atoms with Gasteiger partial charge in [0.2, 0.25) is 11.8 Å². The third kappa shape index (κ3) is 4.41. The number of hydrogen-bond acceptors (Lipinski definition) is 3. The predicted octanol–water partition coefficient (Wildman–Crippen LogP) is 3.76. The summed E-state index contributed by atoms with van der Waals surface area (Å²) in [6, 6.07) is 5.12. The number of halogens is 1. The lowest BCUT2D eigenvalue weighted by Crippen LogP contribution is -2.49. The van der Waals surface area contributed by atoms with Gasteiger partial charge in [0.1, 0.15) is 11.2 Å². The lowest BCUT2D eigenvalue weighted by atomic mass is 9.88. The number of ether oxygens (including phenoxy) is 1. The average molecular weight is 353 g/mol. The Hall–Kier alpha value is -1.75. The van der Waals surface area contributed by atoms with Crippen LogP contribution in [0.4, 0.5) is 5.69 Å². The van der Waals surface area contributed by atoms with Crippen LogP contribution in [0.5, 0.6) is 5.75 Å². The SMILES string of the molecule is COc1ccc(Cl)cc1NC(=O)C(C)(C)C(=O)NC1CCCCC1. The van der Waals surface area contributed by atoms with Crippen LogP contribution in [0.1, 0.15) is 46.0 Å². The van der Waals surface area contributed by atoms with Crippen LogP contribution in [0, 0.1) is 5.41 Å². The molecular formula is C18H25ClN2O3. The van der Waals surface area contributed by atoms with Crippen molar-refractivity contribution >= 4 is 29.1 Å². The number of anilines is 1. The molecule has 1 aromatic carbocycles. The van der Waals surface area contributed by atoms with Gasteiger partial charge in [-0.25, -0.2) is 0 Å². The van der Waals surface area contributed by atoms with Gasteiger partial charge in [0.25, 0.3) is 0 Å². The quantitative estimate of drug-likeness (QED) is 0.793. The van der Waals surface area contributed by atoms with Crippen molar-refractivity contribution in [3.8, 4) is 5.75 Å². The second kappa shape index (κ2) is 7.88. The fourth-order valence-electron chi connectivity index (χ4n) is 2.77. The normalized spacial score (nSPS) is 15.7. The van der Waals surface area contributed by atoms with Gasteiger partial charge in [-0.05, 0) is 44.9 Å². The Morgan fingerprint density at radius 2 is 1.83 bits per heavy atom. The first-order valence-corrected chi connectivity index (χ1v) is 8.68. The van der Waals surface area contributed by atoms with Crippen molar-refractivity contribution in [2.24, 2.45) is 5.41 Å². The van der Waals surface area contributed by atoms with Crippen molar-refractivity contribution in [1.82, 2.24) is 5.32 Å². The van der Waals surface area contributed by atoms with Crippen molar-refractivity contribution in [2.45, 2.75) is 52.0 Å². The Morgan fingerprint density at radius 1 is 1.17 bits per heavy atom. The molecular weight excluding hydrogens is 328 g/mol. The lowest BCUT2D eigenvalue weighted by Gasteiger charge is -2.28. The number of benzene rings is 1. The minimum absolute atomic E-state index is 0.166. The second-order valence-electron chi connectivity index (χ2n) is 6.73. The minimum atomic E-state index is -1.19. The van der Waals surface area contributed by atoms with E-state index in [4.69, 9.17) is 16.3 Å². The third-order valence-corrected chi connectivity index (χ3v) is 4.72. The number of methoxy groups -OCH3 is 1. The molecule has 2 N–H and O–H groups in total. The van der Waals surface area contributed by atoms with E-state index in [1.807, 2.05) is 0 Å². The highest BCUT2D eigenvalue weighted by molar-refractivity contribution is 6.31. The fourth-order valence-corrected chi connectivity index (χ4v) is 2.94. The van der Waals surface area contributed by atoms with Gasteiger partial charge in [-0.15, -0.1) is 0 Å². The smallest absolute Gasteiger partial charge is 0.239 e. The number of amides is 2. The van der Waals surface area contributed by atoms with Crippen molar-refractivity contribution in [3.05, 3.63) is 23.2 Å². The Labute approximate surface area is 148 Å². The maximum absolute atomic E-state index is 12.6. The summed E-state index contributed by atoms with van der Waals surface area (Å²) in [5.74, 6) is -0.152. The van der Waals surface area contributed by atoms with E-state index >= 15 is 0 Å². The monoisotopic (exact) mass is 352 g/mol. The van der Waals surface area contributed by atoms with Crippen LogP contribution < -0.4 is 15.4 Å². The molecule has 1 aliphatic rings. The molecule has 24 heavy (non-hydrogen) atoms. The van der Waals surface area contributed by atoms with Crippen LogP contribution >= 0.6 is 11.6 Å².